The molecule has 0 spiro atoms. The van der Waals surface area contributed by atoms with Gasteiger partial charge in [0, 0.05) is 6.42 Å². The quantitative estimate of drug-likeness (QED) is 0.742. The summed E-state index contributed by atoms with van der Waals surface area (Å²) >= 11 is 0. The fourth-order valence-corrected chi connectivity index (χ4v) is 1.62. The first-order valence-electron chi connectivity index (χ1n) is 4.37. The van der Waals surface area contributed by atoms with Gasteiger partial charge in [-0.25, -0.2) is 4.39 Å². The Hall–Kier alpha value is -1.64. The lowest BCUT2D eigenvalue weighted by Gasteiger charge is -2.06. The number of rotatable bonds is 1. The molecule has 0 heterocycles. The van der Waals surface area contributed by atoms with Crippen molar-refractivity contribution in [2.75, 3.05) is 0 Å². The monoisotopic (exact) mass is 192 g/mol. The van der Waals surface area contributed by atoms with E-state index in [0.717, 1.165) is 5.56 Å². The lowest BCUT2D eigenvalue weighted by Crippen LogP contribution is -2.07. The van der Waals surface area contributed by atoms with Crippen LogP contribution in [0.2, 0.25) is 0 Å². The standard InChI is InChI=1S/C11H9FO2/c12-9-6-8(10(13)11(9)14)7-4-2-1-3-5-7/h1-5,8,14H,6H2. The van der Waals surface area contributed by atoms with Crippen molar-refractivity contribution in [2.45, 2.75) is 12.3 Å². The van der Waals surface area contributed by atoms with Crippen LogP contribution in [0.4, 0.5) is 4.39 Å². The highest BCUT2D eigenvalue weighted by Crippen LogP contribution is 2.34. The maximum atomic E-state index is 12.9. The molecule has 1 atom stereocenters. The average Bonchev–Trinajstić information content (AvgIpc) is 2.47. The first-order valence-corrected chi connectivity index (χ1v) is 4.37. The summed E-state index contributed by atoms with van der Waals surface area (Å²) in [6, 6.07) is 8.92. The Labute approximate surface area is 80.7 Å². The number of hydrogen-bond acceptors (Lipinski definition) is 2. The molecule has 0 radical (unpaired) electrons. The number of aliphatic hydroxyl groups excluding tert-OH is 1. The molecule has 0 fully saturated rings. The third-order valence-electron chi connectivity index (χ3n) is 2.39. The van der Waals surface area contributed by atoms with E-state index in [4.69, 9.17) is 5.11 Å². The highest BCUT2D eigenvalue weighted by molar-refractivity contribution is 6.01. The molecule has 2 nitrogen and oxygen atoms in total. The number of Topliss-reactive ketones (excluding diaryl/α,β-unsaturated/α-hetero) is 1. The molecule has 1 aliphatic rings. The predicted octanol–water partition coefficient (Wildman–Crippen LogP) is 2.48. The van der Waals surface area contributed by atoms with Crippen molar-refractivity contribution < 1.29 is 14.3 Å². The number of aliphatic hydroxyl groups is 1. The van der Waals surface area contributed by atoms with Gasteiger partial charge in [-0.1, -0.05) is 30.3 Å². The van der Waals surface area contributed by atoms with Crippen molar-refractivity contribution >= 4 is 5.78 Å². The second-order valence-corrected chi connectivity index (χ2v) is 3.29. The molecule has 1 aromatic rings. The summed E-state index contributed by atoms with van der Waals surface area (Å²) in [5, 5.41) is 9.05. The summed E-state index contributed by atoms with van der Waals surface area (Å²) < 4.78 is 12.9. The van der Waals surface area contributed by atoms with E-state index in [1.807, 2.05) is 6.07 Å². The van der Waals surface area contributed by atoms with Gasteiger partial charge in [-0.05, 0) is 5.56 Å². The molecule has 1 aliphatic carbocycles. The van der Waals surface area contributed by atoms with Crippen molar-refractivity contribution in [3.8, 4) is 0 Å². The topological polar surface area (TPSA) is 37.3 Å². The van der Waals surface area contributed by atoms with E-state index >= 15 is 0 Å². The molecule has 2 rings (SSSR count). The van der Waals surface area contributed by atoms with E-state index in [1.54, 1.807) is 24.3 Å². The number of carbonyl (C=O) groups excluding carboxylic acids is 1. The first kappa shape index (κ1) is 8.94. The summed E-state index contributed by atoms with van der Waals surface area (Å²) in [6.45, 7) is 0. The van der Waals surface area contributed by atoms with Gasteiger partial charge in [0.1, 0.15) is 5.83 Å². The second kappa shape index (κ2) is 3.25. The molecule has 0 saturated carbocycles. The van der Waals surface area contributed by atoms with Crippen LogP contribution in [0.3, 0.4) is 0 Å². The molecule has 72 valence electrons. The van der Waals surface area contributed by atoms with Gasteiger partial charge in [0.2, 0.25) is 5.78 Å². The molecular weight excluding hydrogens is 183 g/mol. The summed E-state index contributed by atoms with van der Waals surface area (Å²) in [5.74, 6) is -2.48. The first-order chi connectivity index (χ1) is 6.70. The zero-order chi connectivity index (χ0) is 10.1. The van der Waals surface area contributed by atoms with E-state index < -0.39 is 23.3 Å². The number of halogens is 1. The van der Waals surface area contributed by atoms with Gasteiger partial charge < -0.3 is 5.11 Å². The van der Waals surface area contributed by atoms with Gasteiger partial charge in [-0.3, -0.25) is 4.79 Å². The number of carbonyl (C=O) groups is 1. The van der Waals surface area contributed by atoms with Gasteiger partial charge in [0.05, 0.1) is 5.92 Å². The summed E-state index contributed by atoms with van der Waals surface area (Å²) in [7, 11) is 0. The number of ketones is 1. The smallest absolute Gasteiger partial charge is 0.207 e. The van der Waals surface area contributed by atoms with Crippen LogP contribution in [-0.4, -0.2) is 10.9 Å². The Morgan fingerprint density at radius 1 is 1.29 bits per heavy atom. The molecule has 0 aromatic heterocycles. The lowest BCUT2D eigenvalue weighted by molar-refractivity contribution is -0.118. The van der Waals surface area contributed by atoms with Crippen LogP contribution >= 0.6 is 0 Å². The number of benzene rings is 1. The van der Waals surface area contributed by atoms with E-state index in [9.17, 15) is 9.18 Å². The van der Waals surface area contributed by atoms with Crippen molar-refractivity contribution in [2.24, 2.45) is 0 Å². The molecule has 0 amide bonds. The van der Waals surface area contributed by atoms with Crippen LogP contribution in [-0.2, 0) is 4.79 Å². The third-order valence-corrected chi connectivity index (χ3v) is 2.39. The predicted molar refractivity (Wildman–Crippen MR) is 49.6 cm³/mol. The fraction of sp³-hybridized carbons (Fsp3) is 0.182. The van der Waals surface area contributed by atoms with Crippen molar-refractivity contribution in [1.82, 2.24) is 0 Å². The summed E-state index contributed by atoms with van der Waals surface area (Å²) in [6.07, 6.45) is -0.0192. The van der Waals surface area contributed by atoms with Crippen molar-refractivity contribution in [1.29, 1.82) is 0 Å². The van der Waals surface area contributed by atoms with E-state index in [-0.39, 0.29) is 6.42 Å². The summed E-state index contributed by atoms with van der Waals surface area (Å²) in [4.78, 5) is 11.4. The van der Waals surface area contributed by atoms with Gasteiger partial charge in [-0.15, -0.1) is 0 Å². The van der Waals surface area contributed by atoms with Crippen LogP contribution in [0.25, 0.3) is 0 Å². The Kier molecular flexibility index (Phi) is 2.08. The van der Waals surface area contributed by atoms with Gasteiger partial charge in [0.15, 0.2) is 5.76 Å². The molecule has 1 N–H and O–H groups in total. The molecule has 0 saturated heterocycles. The Balaban J connectivity index is 2.30. The molecular formula is C11H9FO2. The SMILES string of the molecule is O=C1C(O)=C(F)CC1c1ccccc1. The Morgan fingerprint density at radius 2 is 1.93 bits per heavy atom. The highest BCUT2D eigenvalue weighted by atomic mass is 19.1. The van der Waals surface area contributed by atoms with Crippen LogP contribution in [0.5, 0.6) is 0 Å². The maximum absolute atomic E-state index is 12.9. The minimum atomic E-state index is -0.709. The lowest BCUT2D eigenvalue weighted by atomic mass is 9.96. The second-order valence-electron chi connectivity index (χ2n) is 3.29. The number of hydrogen-bond donors (Lipinski definition) is 1. The third kappa shape index (κ3) is 1.31. The maximum Gasteiger partial charge on any atom is 0.207 e. The zero-order valence-corrected chi connectivity index (χ0v) is 7.40. The summed E-state index contributed by atoms with van der Waals surface area (Å²) in [5.41, 5.74) is 0.747. The van der Waals surface area contributed by atoms with Crippen molar-refractivity contribution in [3.05, 3.63) is 47.5 Å². The molecule has 1 aromatic carbocycles. The molecule has 14 heavy (non-hydrogen) atoms. The number of allylic oxidation sites excluding steroid dienone is 2. The van der Waals surface area contributed by atoms with Crippen molar-refractivity contribution in [3.63, 3.8) is 0 Å². The normalized spacial score (nSPS) is 21.8. The minimum Gasteiger partial charge on any atom is -0.503 e. The molecule has 0 aliphatic heterocycles. The van der Waals surface area contributed by atoms with Crippen LogP contribution in [0.1, 0.15) is 17.9 Å². The molecule has 1 unspecified atom stereocenters. The van der Waals surface area contributed by atoms with Crippen LogP contribution in [0, 0.1) is 0 Å². The van der Waals surface area contributed by atoms with Gasteiger partial charge >= 0.3 is 0 Å². The van der Waals surface area contributed by atoms with Gasteiger partial charge in [0.25, 0.3) is 0 Å². The van der Waals surface area contributed by atoms with E-state index in [1.165, 1.54) is 0 Å². The zero-order valence-electron chi connectivity index (χ0n) is 7.40. The minimum absolute atomic E-state index is 0.0192. The highest BCUT2D eigenvalue weighted by Gasteiger charge is 2.34. The molecule has 0 bridgehead atoms. The Bertz CT molecular complexity index is 395. The largest absolute Gasteiger partial charge is 0.503 e. The fourth-order valence-electron chi connectivity index (χ4n) is 1.62. The van der Waals surface area contributed by atoms with Gasteiger partial charge in [-0.2, -0.15) is 0 Å². The average molecular weight is 192 g/mol. The van der Waals surface area contributed by atoms with E-state index in [2.05, 4.69) is 0 Å². The van der Waals surface area contributed by atoms with E-state index in [0.29, 0.717) is 0 Å². The van der Waals surface area contributed by atoms with Crippen LogP contribution < -0.4 is 0 Å². The molecule has 3 heteroatoms. The van der Waals surface area contributed by atoms with Crippen LogP contribution in [0.15, 0.2) is 41.9 Å². The Morgan fingerprint density at radius 3 is 2.43 bits per heavy atom.